The van der Waals surface area contributed by atoms with Crippen molar-refractivity contribution in [3.8, 4) is 0 Å². The van der Waals surface area contributed by atoms with Crippen LogP contribution in [-0.2, 0) is 20.0 Å². The molecule has 0 bridgehead atoms. The molecule has 0 saturated heterocycles. The lowest BCUT2D eigenvalue weighted by Crippen LogP contribution is -2.36. The Balaban J connectivity index is 1.48. The minimum absolute atomic E-state index is 0.00664. The Bertz CT molecular complexity index is 1000. The van der Waals surface area contributed by atoms with Gasteiger partial charge >= 0.3 is 5.69 Å². The van der Waals surface area contributed by atoms with Crippen LogP contribution in [0, 0.1) is 0 Å². The highest BCUT2D eigenvalue weighted by atomic mass is 16.2. The molecule has 1 N–H and O–H groups in total. The van der Waals surface area contributed by atoms with Crippen LogP contribution in [0.15, 0.2) is 41.2 Å². The van der Waals surface area contributed by atoms with E-state index < -0.39 is 0 Å². The highest BCUT2D eigenvalue weighted by molar-refractivity contribution is 5.95. The zero-order valence-corrected chi connectivity index (χ0v) is 14.0. The molecule has 7 heteroatoms. The molecule has 1 aliphatic heterocycles. The van der Waals surface area contributed by atoms with Gasteiger partial charge < -0.3 is 5.32 Å². The zero-order valence-electron chi connectivity index (χ0n) is 14.0. The van der Waals surface area contributed by atoms with E-state index in [9.17, 15) is 9.59 Å². The van der Waals surface area contributed by atoms with Gasteiger partial charge in [-0.15, -0.1) is 0 Å². The number of nitrogens with zero attached hydrogens (tertiary/aromatic N) is 4. The first kappa shape index (κ1) is 15.6. The second-order valence-corrected chi connectivity index (χ2v) is 6.36. The number of fused-ring (bicyclic) bond motifs is 2. The predicted octanol–water partition coefficient (Wildman–Crippen LogP) is 1.26. The lowest BCUT2D eigenvalue weighted by molar-refractivity contribution is 0.0928. The van der Waals surface area contributed by atoms with Crippen LogP contribution in [0.25, 0.3) is 10.9 Å². The molecule has 0 spiro atoms. The van der Waals surface area contributed by atoms with Gasteiger partial charge in [-0.1, -0.05) is 24.3 Å². The van der Waals surface area contributed by atoms with Gasteiger partial charge in [0, 0.05) is 31.4 Å². The zero-order chi connectivity index (χ0) is 17.4. The molecule has 1 amide bonds. The standard InChI is InChI=1S/C18H19N5O2/c1-22-18(25)23-11-10-13(7-9-16(23)21-22)19-17(24)15-8-6-12-4-2-3-5-14(12)20-15/h2-6,8,13H,7,9-11H2,1H3,(H,19,24). The molecule has 128 valence electrons. The number of hydrogen-bond donors (Lipinski definition) is 1. The van der Waals surface area contributed by atoms with Gasteiger partial charge in [0.2, 0.25) is 0 Å². The van der Waals surface area contributed by atoms with E-state index in [0.29, 0.717) is 25.1 Å². The molecule has 0 saturated carbocycles. The topological polar surface area (TPSA) is 81.8 Å². The summed E-state index contributed by atoms with van der Waals surface area (Å²) in [4.78, 5) is 29.0. The Labute approximate surface area is 144 Å². The first-order chi connectivity index (χ1) is 12.1. The summed E-state index contributed by atoms with van der Waals surface area (Å²) in [5.41, 5.74) is 1.12. The van der Waals surface area contributed by atoms with Gasteiger partial charge in [-0.2, -0.15) is 5.10 Å². The van der Waals surface area contributed by atoms with Crippen LogP contribution in [0.4, 0.5) is 0 Å². The molecule has 1 atom stereocenters. The molecule has 0 aliphatic carbocycles. The fourth-order valence-corrected chi connectivity index (χ4v) is 3.29. The first-order valence-corrected chi connectivity index (χ1v) is 8.41. The van der Waals surface area contributed by atoms with Crippen LogP contribution in [0.1, 0.15) is 29.2 Å². The van der Waals surface area contributed by atoms with Crippen molar-refractivity contribution >= 4 is 16.8 Å². The SMILES string of the molecule is Cn1nc2n(c1=O)CCC(NC(=O)c1ccc3ccccc3n1)CC2. The van der Waals surface area contributed by atoms with Gasteiger partial charge in [-0.3, -0.25) is 9.36 Å². The van der Waals surface area contributed by atoms with E-state index >= 15 is 0 Å². The largest absolute Gasteiger partial charge is 0.348 e. The summed E-state index contributed by atoms with van der Waals surface area (Å²) in [6.07, 6.45) is 2.14. The monoisotopic (exact) mass is 337 g/mol. The Kier molecular flexibility index (Phi) is 3.83. The average molecular weight is 337 g/mol. The number of carbonyl (C=O) groups is 1. The normalized spacial score (nSPS) is 17.1. The number of benzene rings is 1. The summed E-state index contributed by atoms with van der Waals surface area (Å²) in [6, 6.07) is 11.4. The van der Waals surface area contributed by atoms with E-state index in [1.807, 2.05) is 30.3 Å². The highest BCUT2D eigenvalue weighted by Gasteiger charge is 2.22. The van der Waals surface area contributed by atoms with Gasteiger partial charge in [-0.25, -0.2) is 14.5 Å². The van der Waals surface area contributed by atoms with Crippen LogP contribution in [0.5, 0.6) is 0 Å². The van der Waals surface area contributed by atoms with E-state index in [4.69, 9.17) is 0 Å². The average Bonchev–Trinajstić information content (AvgIpc) is 2.78. The highest BCUT2D eigenvalue weighted by Crippen LogP contribution is 2.14. The molecule has 0 radical (unpaired) electrons. The van der Waals surface area contributed by atoms with Crippen LogP contribution in [-0.4, -0.2) is 31.3 Å². The van der Waals surface area contributed by atoms with Gasteiger partial charge in [0.05, 0.1) is 5.52 Å². The summed E-state index contributed by atoms with van der Waals surface area (Å²) < 4.78 is 3.06. The number of rotatable bonds is 2. The molecule has 3 heterocycles. The third-order valence-corrected chi connectivity index (χ3v) is 4.67. The third-order valence-electron chi connectivity index (χ3n) is 4.67. The van der Waals surface area contributed by atoms with Crippen LogP contribution >= 0.6 is 0 Å². The van der Waals surface area contributed by atoms with Crippen molar-refractivity contribution in [1.29, 1.82) is 0 Å². The van der Waals surface area contributed by atoms with Crippen molar-refractivity contribution < 1.29 is 4.79 Å². The lowest BCUT2D eigenvalue weighted by Gasteiger charge is -2.15. The maximum Gasteiger partial charge on any atom is 0.345 e. The predicted molar refractivity (Wildman–Crippen MR) is 93.4 cm³/mol. The molecular weight excluding hydrogens is 318 g/mol. The molecule has 7 nitrogen and oxygen atoms in total. The number of pyridine rings is 1. The number of amides is 1. The van der Waals surface area contributed by atoms with Crippen LogP contribution in [0.2, 0.25) is 0 Å². The number of carbonyl (C=O) groups excluding carboxylic acids is 1. The molecule has 1 aromatic carbocycles. The Hall–Kier alpha value is -2.96. The molecule has 4 rings (SSSR count). The maximum atomic E-state index is 12.5. The summed E-state index contributed by atoms with van der Waals surface area (Å²) in [5, 5.41) is 8.31. The van der Waals surface area contributed by atoms with E-state index in [2.05, 4.69) is 15.4 Å². The van der Waals surface area contributed by atoms with Crippen LogP contribution < -0.4 is 11.0 Å². The quantitative estimate of drug-likeness (QED) is 0.763. The van der Waals surface area contributed by atoms with E-state index in [0.717, 1.165) is 23.1 Å². The van der Waals surface area contributed by atoms with Crippen molar-refractivity contribution in [1.82, 2.24) is 24.6 Å². The summed E-state index contributed by atoms with van der Waals surface area (Å²) >= 11 is 0. The molecule has 1 aliphatic rings. The molecule has 3 aromatic rings. The van der Waals surface area contributed by atoms with Gasteiger partial charge in [0.25, 0.3) is 5.91 Å². The fraction of sp³-hybridized carbons (Fsp3) is 0.333. The smallest absolute Gasteiger partial charge is 0.345 e. The minimum Gasteiger partial charge on any atom is -0.348 e. The number of hydrogen-bond acceptors (Lipinski definition) is 4. The van der Waals surface area contributed by atoms with Crippen molar-refractivity contribution in [3.63, 3.8) is 0 Å². The molecule has 2 aromatic heterocycles. The molecule has 0 fully saturated rings. The second kappa shape index (κ2) is 6.16. The van der Waals surface area contributed by atoms with Crippen molar-refractivity contribution in [2.45, 2.75) is 31.8 Å². The summed E-state index contributed by atoms with van der Waals surface area (Å²) in [5.74, 6) is 0.608. The van der Waals surface area contributed by atoms with E-state index in [1.54, 1.807) is 17.7 Å². The molecular formula is C18H19N5O2. The van der Waals surface area contributed by atoms with Crippen molar-refractivity contribution in [2.24, 2.45) is 7.05 Å². The van der Waals surface area contributed by atoms with Gasteiger partial charge in [-0.05, 0) is 25.0 Å². The Morgan fingerprint density at radius 2 is 2.04 bits per heavy atom. The van der Waals surface area contributed by atoms with Gasteiger partial charge in [0.1, 0.15) is 11.5 Å². The maximum absolute atomic E-state index is 12.5. The number of para-hydroxylation sites is 1. The first-order valence-electron chi connectivity index (χ1n) is 8.41. The van der Waals surface area contributed by atoms with E-state index in [1.165, 1.54) is 4.68 Å². The number of aromatic nitrogens is 4. The fourth-order valence-electron chi connectivity index (χ4n) is 3.29. The Morgan fingerprint density at radius 1 is 1.20 bits per heavy atom. The minimum atomic E-state index is -0.178. The third kappa shape index (κ3) is 2.93. The molecule has 1 unspecified atom stereocenters. The van der Waals surface area contributed by atoms with Crippen molar-refractivity contribution in [3.05, 3.63) is 58.4 Å². The number of aryl methyl sites for hydroxylation is 2. The summed E-state index contributed by atoms with van der Waals surface area (Å²) in [6.45, 7) is 0.568. The second-order valence-electron chi connectivity index (χ2n) is 6.36. The van der Waals surface area contributed by atoms with Crippen molar-refractivity contribution in [2.75, 3.05) is 0 Å². The summed E-state index contributed by atoms with van der Waals surface area (Å²) in [7, 11) is 1.66. The van der Waals surface area contributed by atoms with Gasteiger partial charge in [0.15, 0.2) is 0 Å². The van der Waals surface area contributed by atoms with Crippen LogP contribution in [0.3, 0.4) is 0 Å². The number of nitrogens with one attached hydrogen (secondary N) is 1. The molecule has 25 heavy (non-hydrogen) atoms. The lowest BCUT2D eigenvalue weighted by atomic mass is 10.1. The van der Waals surface area contributed by atoms with E-state index in [-0.39, 0.29) is 17.6 Å². The Morgan fingerprint density at radius 3 is 2.92 bits per heavy atom.